The monoisotopic (exact) mass is 496 g/mol. The molecule has 0 spiro atoms. The van der Waals surface area contributed by atoms with Crippen molar-refractivity contribution >= 4 is 46.8 Å². The summed E-state index contributed by atoms with van der Waals surface area (Å²) in [6.07, 6.45) is 1.35. The van der Waals surface area contributed by atoms with E-state index in [-0.39, 0.29) is 17.6 Å². The standard InChI is InChI=1S/C24H30Cl2N2O3S/c1-4-12-27-24(30)22(5-2)28(14-17-8-6-9-18(13-17)31-3)23(29)16-32-15-19-20(25)10-7-11-21(19)26/h6-11,13,22H,4-5,12,14-16H2,1-3H3,(H,27,30)/t22-/m0/s1. The highest BCUT2D eigenvalue weighted by Crippen LogP contribution is 2.28. The predicted octanol–water partition coefficient (Wildman–Crippen LogP) is 5.57. The maximum atomic E-state index is 13.3. The molecule has 174 valence electrons. The van der Waals surface area contributed by atoms with Crippen molar-refractivity contribution in [1.29, 1.82) is 0 Å². The SMILES string of the molecule is CCCNC(=O)[C@H](CC)N(Cc1cccc(OC)c1)C(=O)CSCc1c(Cl)cccc1Cl. The maximum absolute atomic E-state index is 13.3. The third-order valence-corrected chi connectivity index (χ3v) is 6.61. The highest BCUT2D eigenvalue weighted by atomic mass is 35.5. The minimum Gasteiger partial charge on any atom is -0.497 e. The van der Waals surface area contributed by atoms with E-state index < -0.39 is 6.04 Å². The zero-order chi connectivity index (χ0) is 23.5. The second kappa shape index (κ2) is 13.6. The molecule has 0 unspecified atom stereocenters. The fraction of sp³-hybridized carbons (Fsp3) is 0.417. The van der Waals surface area contributed by atoms with Crippen molar-refractivity contribution in [3.05, 3.63) is 63.6 Å². The number of thioether (sulfide) groups is 1. The zero-order valence-corrected chi connectivity index (χ0v) is 21.0. The van der Waals surface area contributed by atoms with Crippen LogP contribution in [0.1, 0.15) is 37.8 Å². The Bertz CT molecular complexity index is 890. The van der Waals surface area contributed by atoms with Crippen LogP contribution in [0.4, 0.5) is 0 Å². The van der Waals surface area contributed by atoms with E-state index >= 15 is 0 Å². The van der Waals surface area contributed by atoms with Gasteiger partial charge in [0.1, 0.15) is 11.8 Å². The highest BCUT2D eigenvalue weighted by Gasteiger charge is 2.28. The van der Waals surface area contributed by atoms with Gasteiger partial charge in [0.05, 0.1) is 12.9 Å². The van der Waals surface area contributed by atoms with Gasteiger partial charge in [-0.05, 0) is 48.2 Å². The van der Waals surface area contributed by atoms with Crippen LogP contribution in [0.2, 0.25) is 10.0 Å². The van der Waals surface area contributed by atoms with Gasteiger partial charge in [-0.25, -0.2) is 0 Å². The van der Waals surface area contributed by atoms with Gasteiger partial charge in [-0.15, -0.1) is 11.8 Å². The van der Waals surface area contributed by atoms with Gasteiger partial charge in [-0.2, -0.15) is 0 Å². The highest BCUT2D eigenvalue weighted by molar-refractivity contribution is 7.99. The van der Waals surface area contributed by atoms with Crippen molar-refractivity contribution in [2.24, 2.45) is 0 Å². The van der Waals surface area contributed by atoms with Crippen LogP contribution in [0.3, 0.4) is 0 Å². The molecule has 1 atom stereocenters. The lowest BCUT2D eigenvalue weighted by Gasteiger charge is -2.30. The normalized spacial score (nSPS) is 11.7. The minimum atomic E-state index is -0.551. The Hall–Kier alpha value is -1.89. The van der Waals surface area contributed by atoms with Crippen molar-refractivity contribution in [2.75, 3.05) is 19.4 Å². The summed E-state index contributed by atoms with van der Waals surface area (Å²) < 4.78 is 5.31. The maximum Gasteiger partial charge on any atom is 0.242 e. The molecule has 5 nitrogen and oxygen atoms in total. The first-order valence-electron chi connectivity index (χ1n) is 10.6. The molecule has 0 saturated carbocycles. The molecule has 32 heavy (non-hydrogen) atoms. The first-order valence-corrected chi connectivity index (χ1v) is 12.5. The van der Waals surface area contributed by atoms with Gasteiger partial charge in [0.25, 0.3) is 0 Å². The molecule has 0 radical (unpaired) electrons. The number of hydrogen-bond donors (Lipinski definition) is 1. The third kappa shape index (κ3) is 7.61. The van der Waals surface area contributed by atoms with Crippen LogP contribution in [-0.2, 0) is 21.9 Å². The smallest absolute Gasteiger partial charge is 0.242 e. The molecule has 0 aliphatic carbocycles. The summed E-state index contributed by atoms with van der Waals surface area (Å²) in [6.45, 7) is 4.81. The second-order valence-corrected chi connectivity index (χ2v) is 9.08. The molecule has 1 N–H and O–H groups in total. The Morgan fingerprint density at radius 1 is 1.12 bits per heavy atom. The molecule has 0 aliphatic rings. The van der Waals surface area contributed by atoms with E-state index in [2.05, 4.69) is 5.32 Å². The quantitative estimate of drug-likeness (QED) is 0.417. The average molecular weight is 497 g/mol. The molecule has 2 rings (SSSR count). The number of rotatable bonds is 12. The number of benzene rings is 2. The molecule has 2 aromatic rings. The number of amides is 2. The van der Waals surface area contributed by atoms with Crippen molar-refractivity contribution in [3.63, 3.8) is 0 Å². The molecule has 2 aromatic carbocycles. The first kappa shape index (κ1) is 26.4. The van der Waals surface area contributed by atoms with E-state index in [4.69, 9.17) is 27.9 Å². The van der Waals surface area contributed by atoms with Gasteiger partial charge in [0.15, 0.2) is 0 Å². The molecule has 0 heterocycles. The van der Waals surface area contributed by atoms with Crippen molar-refractivity contribution in [1.82, 2.24) is 10.2 Å². The van der Waals surface area contributed by atoms with E-state index in [0.29, 0.717) is 41.1 Å². The minimum absolute atomic E-state index is 0.112. The lowest BCUT2D eigenvalue weighted by molar-refractivity contribution is -0.139. The first-order chi connectivity index (χ1) is 15.4. The molecule has 8 heteroatoms. The zero-order valence-electron chi connectivity index (χ0n) is 18.7. The van der Waals surface area contributed by atoms with Crippen LogP contribution < -0.4 is 10.1 Å². The van der Waals surface area contributed by atoms with Gasteiger partial charge in [-0.1, -0.05) is 55.2 Å². The Morgan fingerprint density at radius 2 is 1.81 bits per heavy atom. The topological polar surface area (TPSA) is 58.6 Å². The summed E-state index contributed by atoms with van der Waals surface area (Å²) in [5.74, 6) is 1.18. The number of carbonyl (C=O) groups excluding carboxylic acids is 2. The fourth-order valence-corrected chi connectivity index (χ4v) is 4.89. The number of nitrogens with zero attached hydrogens (tertiary/aromatic N) is 1. The Kier molecular flexibility index (Phi) is 11.2. The lowest BCUT2D eigenvalue weighted by Crippen LogP contribution is -2.49. The number of hydrogen-bond acceptors (Lipinski definition) is 4. The van der Waals surface area contributed by atoms with E-state index in [1.807, 2.05) is 38.1 Å². The number of carbonyl (C=O) groups is 2. The predicted molar refractivity (Wildman–Crippen MR) is 134 cm³/mol. The summed E-state index contributed by atoms with van der Waals surface area (Å²) in [4.78, 5) is 27.7. The molecule has 0 saturated heterocycles. The summed E-state index contributed by atoms with van der Waals surface area (Å²) in [7, 11) is 1.60. The van der Waals surface area contributed by atoms with Crippen molar-refractivity contribution < 1.29 is 14.3 Å². The molecule has 2 amide bonds. The summed E-state index contributed by atoms with van der Waals surface area (Å²) in [5.41, 5.74) is 1.71. The van der Waals surface area contributed by atoms with Crippen LogP contribution >= 0.6 is 35.0 Å². The van der Waals surface area contributed by atoms with Crippen LogP contribution in [0.15, 0.2) is 42.5 Å². The van der Waals surface area contributed by atoms with Gasteiger partial charge in [0.2, 0.25) is 11.8 Å². The van der Waals surface area contributed by atoms with E-state index in [1.54, 1.807) is 30.2 Å². The molecular weight excluding hydrogens is 467 g/mol. The number of ether oxygens (including phenoxy) is 1. The summed E-state index contributed by atoms with van der Waals surface area (Å²) >= 11 is 13.9. The number of nitrogens with one attached hydrogen (secondary N) is 1. The number of halogens is 2. The van der Waals surface area contributed by atoms with Crippen LogP contribution in [-0.4, -0.2) is 42.2 Å². The van der Waals surface area contributed by atoms with Crippen molar-refractivity contribution in [2.45, 2.75) is 45.0 Å². The molecule has 0 bridgehead atoms. The Labute approximate surface area is 204 Å². The van der Waals surface area contributed by atoms with E-state index in [9.17, 15) is 9.59 Å². The number of methoxy groups -OCH3 is 1. The van der Waals surface area contributed by atoms with E-state index in [1.165, 1.54) is 11.8 Å². The second-order valence-electron chi connectivity index (χ2n) is 7.28. The Morgan fingerprint density at radius 3 is 2.44 bits per heavy atom. The van der Waals surface area contributed by atoms with Gasteiger partial charge >= 0.3 is 0 Å². The third-order valence-electron chi connectivity index (χ3n) is 4.96. The van der Waals surface area contributed by atoms with Gasteiger partial charge in [0, 0.05) is 28.9 Å². The van der Waals surface area contributed by atoms with Crippen LogP contribution in [0, 0.1) is 0 Å². The molecule has 0 aliphatic heterocycles. The summed E-state index contributed by atoms with van der Waals surface area (Å²) in [5, 5.41) is 4.08. The van der Waals surface area contributed by atoms with Crippen LogP contribution in [0.25, 0.3) is 0 Å². The lowest BCUT2D eigenvalue weighted by atomic mass is 10.1. The fourth-order valence-electron chi connectivity index (χ4n) is 3.25. The van der Waals surface area contributed by atoms with Crippen LogP contribution in [0.5, 0.6) is 5.75 Å². The van der Waals surface area contributed by atoms with E-state index in [0.717, 1.165) is 17.5 Å². The van der Waals surface area contributed by atoms with Gasteiger partial charge in [-0.3, -0.25) is 9.59 Å². The molecule has 0 fully saturated rings. The largest absolute Gasteiger partial charge is 0.497 e. The summed E-state index contributed by atoms with van der Waals surface area (Å²) in [6, 6.07) is 12.3. The Balaban J connectivity index is 2.17. The molecule has 0 aromatic heterocycles. The van der Waals surface area contributed by atoms with Crippen molar-refractivity contribution in [3.8, 4) is 5.75 Å². The average Bonchev–Trinajstić information content (AvgIpc) is 2.79. The molecular formula is C24H30Cl2N2O3S. The van der Waals surface area contributed by atoms with Gasteiger partial charge < -0.3 is 15.0 Å².